The van der Waals surface area contributed by atoms with E-state index in [-0.39, 0.29) is 0 Å². The second-order valence-corrected chi connectivity index (χ2v) is 5.19. The molecule has 0 saturated heterocycles. The van der Waals surface area contributed by atoms with Gasteiger partial charge in [-0.1, -0.05) is 53.0 Å². The van der Waals surface area contributed by atoms with E-state index in [1.54, 1.807) is 18.3 Å². The minimum Gasteiger partial charge on any atom is -0.256 e. The van der Waals surface area contributed by atoms with Gasteiger partial charge < -0.3 is 0 Å². The number of alkyl halides is 3. The monoisotopic (exact) mass is 245 g/mol. The second-order valence-electron chi connectivity index (χ2n) is 2.91. The van der Waals surface area contributed by atoms with Crippen LogP contribution in [0.4, 0.5) is 0 Å². The number of fused-ring (bicyclic) bond motifs is 1. The van der Waals surface area contributed by atoms with Gasteiger partial charge in [-0.3, -0.25) is 4.98 Å². The lowest BCUT2D eigenvalue weighted by molar-refractivity contribution is 1.24. The molecule has 0 aliphatic rings. The van der Waals surface area contributed by atoms with Crippen LogP contribution in [0, 0.1) is 0 Å². The van der Waals surface area contributed by atoms with Crippen LogP contribution in [0.3, 0.4) is 0 Å². The van der Waals surface area contributed by atoms with E-state index in [1.807, 2.05) is 18.2 Å². The number of aromatic nitrogens is 1. The summed E-state index contributed by atoms with van der Waals surface area (Å²) >= 11 is 17.3. The van der Waals surface area contributed by atoms with Crippen LogP contribution in [0.25, 0.3) is 10.9 Å². The summed E-state index contributed by atoms with van der Waals surface area (Å²) in [6.45, 7) is 0. The second kappa shape index (κ2) is 3.58. The molecule has 0 aliphatic heterocycles. The SMILES string of the molecule is ClC(Cl)(Cl)c1ccc2cccnc2c1. The fourth-order valence-corrected chi connectivity index (χ4v) is 1.60. The Bertz CT molecular complexity index is 462. The van der Waals surface area contributed by atoms with Crippen molar-refractivity contribution in [3.63, 3.8) is 0 Å². The molecule has 1 nitrogen and oxygen atoms in total. The van der Waals surface area contributed by atoms with E-state index in [1.165, 1.54) is 0 Å². The minimum absolute atomic E-state index is 0.633. The van der Waals surface area contributed by atoms with E-state index in [0.29, 0.717) is 5.56 Å². The summed E-state index contributed by atoms with van der Waals surface area (Å²) in [4.78, 5) is 4.18. The van der Waals surface area contributed by atoms with Crippen LogP contribution in [0.2, 0.25) is 0 Å². The Morgan fingerprint density at radius 1 is 1.07 bits per heavy atom. The van der Waals surface area contributed by atoms with Crippen molar-refractivity contribution >= 4 is 45.7 Å². The van der Waals surface area contributed by atoms with Crippen molar-refractivity contribution in [2.75, 3.05) is 0 Å². The zero-order valence-corrected chi connectivity index (χ0v) is 9.31. The molecule has 14 heavy (non-hydrogen) atoms. The zero-order valence-electron chi connectivity index (χ0n) is 7.05. The summed E-state index contributed by atoms with van der Waals surface area (Å²) in [5.74, 6) is 0. The maximum atomic E-state index is 5.76. The highest BCUT2D eigenvalue weighted by Gasteiger charge is 2.22. The van der Waals surface area contributed by atoms with E-state index in [0.717, 1.165) is 10.9 Å². The maximum absolute atomic E-state index is 5.76. The molecular formula is C10H6Cl3N. The molecule has 0 saturated carbocycles. The first-order valence-corrected chi connectivity index (χ1v) is 5.13. The summed E-state index contributed by atoms with van der Waals surface area (Å²) in [6, 6.07) is 9.29. The average Bonchev–Trinajstić information content (AvgIpc) is 2.16. The van der Waals surface area contributed by atoms with Crippen molar-refractivity contribution in [3.8, 4) is 0 Å². The van der Waals surface area contributed by atoms with Crippen molar-refractivity contribution in [1.29, 1.82) is 0 Å². The summed E-state index contributed by atoms with van der Waals surface area (Å²) < 4.78 is -1.38. The lowest BCUT2D eigenvalue weighted by Crippen LogP contribution is -1.99. The molecule has 2 rings (SSSR count). The summed E-state index contributed by atoms with van der Waals surface area (Å²) in [5, 5.41) is 1.03. The van der Waals surface area contributed by atoms with Crippen LogP contribution in [0.1, 0.15) is 5.56 Å². The van der Waals surface area contributed by atoms with Gasteiger partial charge in [0.2, 0.25) is 3.79 Å². The Hall–Kier alpha value is -0.500. The van der Waals surface area contributed by atoms with Gasteiger partial charge >= 0.3 is 0 Å². The largest absolute Gasteiger partial charge is 0.256 e. The van der Waals surface area contributed by atoms with Crippen molar-refractivity contribution in [2.45, 2.75) is 3.79 Å². The molecule has 0 aliphatic carbocycles. The first-order valence-electron chi connectivity index (χ1n) is 3.99. The summed E-state index contributed by atoms with van der Waals surface area (Å²) in [5.41, 5.74) is 1.46. The lowest BCUT2D eigenvalue weighted by Gasteiger charge is -2.11. The van der Waals surface area contributed by atoms with E-state index in [2.05, 4.69) is 4.98 Å². The van der Waals surface area contributed by atoms with Gasteiger partial charge in [0.25, 0.3) is 0 Å². The van der Waals surface area contributed by atoms with Crippen LogP contribution >= 0.6 is 34.8 Å². The molecule has 4 heteroatoms. The van der Waals surface area contributed by atoms with Gasteiger partial charge in [-0.15, -0.1) is 0 Å². The summed E-state index contributed by atoms with van der Waals surface area (Å²) in [6.07, 6.45) is 1.71. The smallest absolute Gasteiger partial charge is 0.216 e. The highest BCUT2D eigenvalue weighted by Crippen LogP contribution is 2.38. The van der Waals surface area contributed by atoms with Crippen molar-refractivity contribution in [1.82, 2.24) is 4.98 Å². The fraction of sp³-hybridized carbons (Fsp3) is 0.100. The molecule has 0 atom stereocenters. The molecule has 0 fully saturated rings. The Kier molecular flexibility index (Phi) is 2.56. The first kappa shape index (κ1) is 10.0. The topological polar surface area (TPSA) is 12.9 Å². The van der Waals surface area contributed by atoms with E-state index in [9.17, 15) is 0 Å². The van der Waals surface area contributed by atoms with E-state index in [4.69, 9.17) is 34.8 Å². The number of rotatable bonds is 0. The van der Waals surface area contributed by atoms with Crippen molar-refractivity contribution in [3.05, 3.63) is 42.1 Å². The molecule has 2 aromatic rings. The molecule has 1 aromatic carbocycles. The first-order chi connectivity index (χ1) is 6.57. The van der Waals surface area contributed by atoms with Crippen LogP contribution in [-0.2, 0) is 3.79 Å². The third-order valence-electron chi connectivity index (χ3n) is 1.93. The standard InChI is InChI=1S/C10H6Cl3N/c11-10(12,13)8-4-3-7-2-1-5-14-9(7)6-8/h1-6H. The molecule has 1 aromatic heterocycles. The normalized spacial score (nSPS) is 11.9. The molecule has 72 valence electrons. The van der Waals surface area contributed by atoms with E-state index >= 15 is 0 Å². The van der Waals surface area contributed by atoms with Crippen LogP contribution < -0.4 is 0 Å². The average molecular weight is 247 g/mol. The quantitative estimate of drug-likeness (QED) is 0.639. The predicted molar refractivity (Wildman–Crippen MR) is 61.0 cm³/mol. The van der Waals surface area contributed by atoms with Gasteiger partial charge in [0, 0.05) is 17.1 Å². The minimum atomic E-state index is -1.38. The number of nitrogens with zero attached hydrogens (tertiary/aromatic N) is 1. The van der Waals surface area contributed by atoms with Crippen LogP contribution in [-0.4, -0.2) is 4.98 Å². The molecule has 0 amide bonds. The molecule has 0 radical (unpaired) electrons. The fourth-order valence-electron chi connectivity index (χ4n) is 1.24. The predicted octanol–water partition coefficient (Wildman–Crippen LogP) is 4.06. The Labute approximate surface area is 96.6 Å². The number of halogens is 3. The van der Waals surface area contributed by atoms with Crippen molar-refractivity contribution in [2.24, 2.45) is 0 Å². The molecule has 1 heterocycles. The molecule has 0 unspecified atom stereocenters. The molecule has 0 N–H and O–H groups in total. The van der Waals surface area contributed by atoms with Gasteiger partial charge in [-0.25, -0.2) is 0 Å². The van der Waals surface area contributed by atoms with Crippen LogP contribution in [0.5, 0.6) is 0 Å². The zero-order chi connectivity index (χ0) is 10.2. The van der Waals surface area contributed by atoms with Gasteiger partial charge in [0.05, 0.1) is 5.52 Å². The maximum Gasteiger partial charge on any atom is 0.216 e. The molecule has 0 spiro atoms. The molecular weight excluding hydrogens is 240 g/mol. The number of pyridine rings is 1. The van der Waals surface area contributed by atoms with Crippen molar-refractivity contribution < 1.29 is 0 Å². The number of hydrogen-bond donors (Lipinski definition) is 0. The van der Waals surface area contributed by atoms with Gasteiger partial charge in [0.1, 0.15) is 0 Å². The Balaban J connectivity index is 2.63. The lowest BCUT2D eigenvalue weighted by atomic mass is 10.1. The van der Waals surface area contributed by atoms with Gasteiger partial charge in [-0.05, 0) is 12.1 Å². The Morgan fingerprint density at radius 3 is 2.57 bits per heavy atom. The van der Waals surface area contributed by atoms with Gasteiger partial charge in [-0.2, -0.15) is 0 Å². The highest BCUT2D eigenvalue weighted by molar-refractivity contribution is 6.66. The third kappa shape index (κ3) is 1.95. The Morgan fingerprint density at radius 2 is 1.86 bits per heavy atom. The summed E-state index contributed by atoms with van der Waals surface area (Å²) in [7, 11) is 0. The van der Waals surface area contributed by atoms with E-state index < -0.39 is 3.79 Å². The third-order valence-corrected chi connectivity index (χ3v) is 2.59. The highest BCUT2D eigenvalue weighted by atomic mass is 35.6. The molecule has 0 bridgehead atoms. The number of hydrogen-bond acceptors (Lipinski definition) is 1. The van der Waals surface area contributed by atoms with Crippen LogP contribution in [0.15, 0.2) is 36.5 Å². The van der Waals surface area contributed by atoms with Gasteiger partial charge in [0.15, 0.2) is 0 Å². The number of benzene rings is 1.